The number of hydrogen-bond donors (Lipinski definition) is 1. The highest BCUT2D eigenvalue weighted by Gasteiger charge is 2.32. The van der Waals surface area contributed by atoms with Crippen molar-refractivity contribution in [3.8, 4) is 0 Å². The van der Waals surface area contributed by atoms with E-state index in [1.807, 2.05) is 13.8 Å². The molecule has 1 saturated heterocycles. The van der Waals surface area contributed by atoms with Gasteiger partial charge in [-0.15, -0.1) is 0 Å². The number of aliphatic hydroxyl groups excluding tert-OH is 1. The van der Waals surface area contributed by atoms with Crippen LogP contribution in [0.25, 0.3) is 0 Å². The van der Waals surface area contributed by atoms with E-state index in [4.69, 9.17) is 14.2 Å². The van der Waals surface area contributed by atoms with E-state index < -0.39 is 5.79 Å². The Bertz CT molecular complexity index is 243. The van der Waals surface area contributed by atoms with Crippen molar-refractivity contribution in [3.05, 3.63) is 0 Å². The largest absolute Gasteiger partial charge is 0.393 e. The second-order valence-corrected chi connectivity index (χ2v) is 6.17. The molecule has 120 valence electrons. The first kappa shape index (κ1) is 17.9. The fourth-order valence-corrected chi connectivity index (χ4v) is 2.41. The van der Waals surface area contributed by atoms with Gasteiger partial charge in [0.2, 0.25) is 0 Å². The number of hydrogen-bond acceptors (Lipinski definition) is 4. The number of ether oxygens (including phenoxy) is 3. The van der Waals surface area contributed by atoms with Gasteiger partial charge in [-0.2, -0.15) is 0 Å². The van der Waals surface area contributed by atoms with Gasteiger partial charge in [0, 0.05) is 6.61 Å². The van der Waals surface area contributed by atoms with Gasteiger partial charge in [0.1, 0.15) is 6.10 Å². The Morgan fingerprint density at radius 2 is 1.95 bits per heavy atom. The van der Waals surface area contributed by atoms with E-state index in [2.05, 4.69) is 6.92 Å². The van der Waals surface area contributed by atoms with E-state index in [0.29, 0.717) is 26.2 Å². The van der Waals surface area contributed by atoms with E-state index in [1.54, 1.807) is 0 Å². The molecule has 0 unspecified atom stereocenters. The predicted molar refractivity (Wildman–Crippen MR) is 79.7 cm³/mol. The zero-order valence-corrected chi connectivity index (χ0v) is 13.4. The molecular formula is C16H32O4. The maximum absolute atomic E-state index is 9.84. The smallest absolute Gasteiger partial charge is 0.163 e. The predicted octanol–water partition coefficient (Wildman–Crippen LogP) is 3.27. The zero-order valence-electron chi connectivity index (χ0n) is 13.4. The second-order valence-electron chi connectivity index (χ2n) is 6.17. The Morgan fingerprint density at radius 1 is 1.20 bits per heavy atom. The molecule has 0 aromatic rings. The van der Waals surface area contributed by atoms with Crippen molar-refractivity contribution in [2.75, 3.05) is 19.8 Å². The number of unbranched alkanes of at least 4 members (excludes halogenated alkanes) is 4. The van der Waals surface area contributed by atoms with E-state index in [0.717, 1.165) is 12.8 Å². The summed E-state index contributed by atoms with van der Waals surface area (Å²) in [7, 11) is 0. The minimum Gasteiger partial charge on any atom is -0.393 e. The molecule has 1 N–H and O–H groups in total. The molecule has 0 spiro atoms. The summed E-state index contributed by atoms with van der Waals surface area (Å²) in [6, 6.07) is 0. The second kappa shape index (κ2) is 9.72. The van der Waals surface area contributed by atoms with Crippen LogP contribution < -0.4 is 0 Å². The third kappa shape index (κ3) is 8.20. The van der Waals surface area contributed by atoms with E-state index in [9.17, 15) is 5.11 Å². The first-order valence-electron chi connectivity index (χ1n) is 8.11. The van der Waals surface area contributed by atoms with Gasteiger partial charge in [-0.3, -0.25) is 0 Å². The normalized spacial score (nSPS) is 23.1. The quantitative estimate of drug-likeness (QED) is 0.593. The van der Waals surface area contributed by atoms with Crippen LogP contribution in [0.1, 0.15) is 65.7 Å². The van der Waals surface area contributed by atoms with Crippen molar-refractivity contribution in [2.45, 2.75) is 83.7 Å². The lowest BCUT2D eigenvalue weighted by molar-refractivity contribution is -0.145. The molecular weight excluding hydrogens is 256 g/mol. The number of rotatable bonds is 11. The fraction of sp³-hybridized carbons (Fsp3) is 1.00. The summed E-state index contributed by atoms with van der Waals surface area (Å²) in [5.74, 6) is -0.480. The van der Waals surface area contributed by atoms with Gasteiger partial charge in [0.25, 0.3) is 0 Å². The summed E-state index contributed by atoms with van der Waals surface area (Å²) in [6.07, 6.45) is 7.61. The Labute approximate surface area is 123 Å². The Hall–Kier alpha value is -0.160. The molecule has 0 saturated carbocycles. The van der Waals surface area contributed by atoms with Crippen LogP contribution in [0.2, 0.25) is 0 Å². The average Bonchev–Trinajstić information content (AvgIpc) is 2.74. The number of aliphatic hydroxyl groups is 1. The van der Waals surface area contributed by atoms with Gasteiger partial charge >= 0.3 is 0 Å². The molecule has 1 rings (SSSR count). The first-order valence-corrected chi connectivity index (χ1v) is 8.11. The third-order valence-corrected chi connectivity index (χ3v) is 3.61. The lowest BCUT2D eigenvalue weighted by Gasteiger charge is -2.17. The highest BCUT2D eigenvalue weighted by atomic mass is 16.7. The van der Waals surface area contributed by atoms with Gasteiger partial charge in [-0.1, -0.05) is 39.0 Å². The molecule has 20 heavy (non-hydrogen) atoms. The SMILES string of the molecule is CCCCCCC[C@@H](O)CCOC[C@@H]1COC(C)(C)O1. The molecule has 0 radical (unpaired) electrons. The summed E-state index contributed by atoms with van der Waals surface area (Å²) in [5.41, 5.74) is 0. The molecule has 1 heterocycles. The van der Waals surface area contributed by atoms with Gasteiger partial charge in [0.15, 0.2) is 5.79 Å². The summed E-state index contributed by atoms with van der Waals surface area (Å²) >= 11 is 0. The van der Waals surface area contributed by atoms with Crippen molar-refractivity contribution in [3.63, 3.8) is 0 Å². The minimum atomic E-state index is -0.480. The Balaban J connectivity index is 1.90. The van der Waals surface area contributed by atoms with Gasteiger partial charge in [-0.25, -0.2) is 0 Å². The molecule has 0 bridgehead atoms. The van der Waals surface area contributed by atoms with E-state index in [-0.39, 0.29) is 12.2 Å². The van der Waals surface area contributed by atoms with Gasteiger partial charge in [-0.05, 0) is 26.7 Å². The van der Waals surface area contributed by atoms with Crippen molar-refractivity contribution < 1.29 is 19.3 Å². The molecule has 0 aromatic carbocycles. The van der Waals surface area contributed by atoms with Crippen LogP contribution in [0.4, 0.5) is 0 Å². The maximum Gasteiger partial charge on any atom is 0.163 e. The van der Waals surface area contributed by atoms with Crippen molar-refractivity contribution in [1.82, 2.24) is 0 Å². The molecule has 4 heteroatoms. The van der Waals surface area contributed by atoms with Crippen LogP contribution >= 0.6 is 0 Å². The molecule has 1 fully saturated rings. The fourth-order valence-electron chi connectivity index (χ4n) is 2.41. The molecule has 4 nitrogen and oxygen atoms in total. The summed E-state index contributed by atoms with van der Waals surface area (Å²) in [6.45, 7) is 7.77. The lowest BCUT2D eigenvalue weighted by Crippen LogP contribution is -2.24. The van der Waals surface area contributed by atoms with Crippen LogP contribution in [0, 0.1) is 0 Å². The molecule has 0 aliphatic carbocycles. The van der Waals surface area contributed by atoms with Crippen molar-refractivity contribution in [2.24, 2.45) is 0 Å². The molecule has 2 atom stereocenters. The lowest BCUT2D eigenvalue weighted by atomic mass is 10.1. The van der Waals surface area contributed by atoms with Gasteiger partial charge < -0.3 is 19.3 Å². The summed E-state index contributed by atoms with van der Waals surface area (Å²) in [5, 5.41) is 9.84. The standard InChI is InChI=1S/C16H32O4/c1-4-5-6-7-8-9-14(17)10-11-18-12-15-13-19-16(2,3)20-15/h14-15,17H,4-13H2,1-3H3/t14-,15-/m1/s1. The van der Waals surface area contributed by atoms with E-state index >= 15 is 0 Å². The van der Waals surface area contributed by atoms with Crippen molar-refractivity contribution in [1.29, 1.82) is 0 Å². The highest BCUT2D eigenvalue weighted by molar-refractivity contribution is 4.70. The summed E-state index contributed by atoms with van der Waals surface area (Å²) < 4.78 is 16.7. The molecule has 1 aliphatic rings. The van der Waals surface area contributed by atoms with Crippen LogP contribution in [-0.2, 0) is 14.2 Å². The zero-order chi connectivity index (χ0) is 14.8. The highest BCUT2D eigenvalue weighted by Crippen LogP contribution is 2.22. The van der Waals surface area contributed by atoms with Crippen molar-refractivity contribution >= 4 is 0 Å². The van der Waals surface area contributed by atoms with Crippen LogP contribution in [0.3, 0.4) is 0 Å². The molecule has 0 amide bonds. The Morgan fingerprint density at radius 3 is 2.60 bits per heavy atom. The monoisotopic (exact) mass is 288 g/mol. The van der Waals surface area contributed by atoms with Crippen LogP contribution in [-0.4, -0.2) is 42.9 Å². The maximum atomic E-state index is 9.84. The molecule has 0 aromatic heterocycles. The Kier molecular flexibility index (Phi) is 8.69. The first-order chi connectivity index (χ1) is 9.53. The molecule has 1 aliphatic heterocycles. The average molecular weight is 288 g/mol. The third-order valence-electron chi connectivity index (χ3n) is 3.61. The van der Waals surface area contributed by atoms with Crippen LogP contribution in [0.15, 0.2) is 0 Å². The topological polar surface area (TPSA) is 47.9 Å². The van der Waals surface area contributed by atoms with Gasteiger partial charge in [0.05, 0.1) is 19.3 Å². The van der Waals surface area contributed by atoms with E-state index in [1.165, 1.54) is 25.7 Å². The summed E-state index contributed by atoms with van der Waals surface area (Å²) in [4.78, 5) is 0. The van der Waals surface area contributed by atoms with Crippen LogP contribution in [0.5, 0.6) is 0 Å². The minimum absolute atomic E-state index is 0.0242.